The normalized spacial score (nSPS) is 6.67. The van der Waals surface area contributed by atoms with Crippen molar-refractivity contribution in [3.63, 3.8) is 0 Å². The molecule has 0 aliphatic heterocycles. The molecule has 0 unspecified atom stereocenters. The minimum absolute atomic E-state index is 0. The summed E-state index contributed by atoms with van der Waals surface area (Å²) in [5.41, 5.74) is 0.331. The van der Waals surface area contributed by atoms with E-state index in [1.165, 1.54) is 0 Å². The van der Waals surface area contributed by atoms with E-state index in [9.17, 15) is 4.79 Å². The first kappa shape index (κ1) is 17.4. The van der Waals surface area contributed by atoms with E-state index < -0.39 is 5.97 Å². The van der Waals surface area contributed by atoms with Crippen molar-refractivity contribution in [1.29, 1.82) is 0 Å². The van der Waals surface area contributed by atoms with Gasteiger partial charge in [0, 0.05) is 0 Å². The van der Waals surface area contributed by atoms with E-state index in [-0.39, 0.29) is 32.7 Å². The molecular formula is C7H6O4Ti. The fourth-order valence-corrected chi connectivity index (χ4v) is 0.581. The molecule has 0 heterocycles. The van der Waals surface area contributed by atoms with Crippen molar-refractivity contribution in [3.05, 3.63) is 35.9 Å². The largest absolute Gasteiger partial charge is 4.00 e. The fourth-order valence-electron chi connectivity index (χ4n) is 0.581. The van der Waals surface area contributed by atoms with Gasteiger partial charge in [-0.1, -0.05) is 18.2 Å². The van der Waals surface area contributed by atoms with Crippen LogP contribution >= 0.6 is 0 Å². The van der Waals surface area contributed by atoms with Gasteiger partial charge in [-0.05, 0) is 12.1 Å². The molecule has 0 aliphatic rings. The van der Waals surface area contributed by atoms with Gasteiger partial charge in [-0.2, -0.15) is 0 Å². The van der Waals surface area contributed by atoms with Crippen LogP contribution in [0.3, 0.4) is 0 Å². The van der Waals surface area contributed by atoms with Crippen LogP contribution in [0.15, 0.2) is 30.3 Å². The number of rotatable bonds is 1. The van der Waals surface area contributed by atoms with Crippen molar-refractivity contribution in [2.24, 2.45) is 0 Å². The van der Waals surface area contributed by atoms with Crippen molar-refractivity contribution < 1.29 is 42.6 Å². The maximum Gasteiger partial charge on any atom is 4.00 e. The number of aromatic carboxylic acids is 1. The molecule has 0 spiro atoms. The number of carbonyl (C=O) groups is 1. The zero-order valence-corrected chi connectivity index (χ0v) is 7.62. The number of benzene rings is 1. The van der Waals surface area contributed by atoms with E-state index in [0.29, 0.717) is 5.56 Å². The van der Waals surface area contributed by atoms with Gasteiger partial charge < -0.3 is 16.1 Å². The topological polar surface area (TPSA) is 94.3 Å². The predicted molar refractivity (Wildman–Crippen MR) is 34.8 cm³/mol. The Morgan fingerprint density at radius 2 is 1.50 bits per heavy atom. The number of carboxylic acids is 1. The van der Waals surface area contributed by atoms with Crippen LogP contribution in [-0.4, -0.2) is 11.1 Å². The van der Waals surface area contributed by atoms with Crippen molar-refractivity contribution in [2.75, 3.05) is 0 Å². The van der Waals surface area contributed by atoms with Gasteiger partial charge in [0.2, 0.25) is 0 Å². The molecular weight excluding hydrogens is 196 g/mol. The maximum atomic E-state index is 10.2. The van der Waals surface area contributed by atoms with Gasteiger partial charge in [0.05, 0.1) is 5.56 Å². The van der Waals surface area contributed by atoms with Crippen molar-refractivity contribution in [3.8, 4) is 0 Å². The van der Waals surface area contributed by atoms with Crippen molar-refractivity contribution >= 4 is 5.97 Å². The third-order valence-electron chi connectivity index (χ3n) is 1.02. The molecule has 0 radical (unpaired) electrons. The first-order valence-corrected chi connectivity index (χ1v) is 2.59. The molecule has 0 aromatic heterocycles. The molecule has 4 nitrogen and oxygen atoms in total. The SMILES string of the molecule is O=C(O)c1ccccc1.[O-2].[O-2].[Ti+4]. The Balaban J connectivity index is -0.000000270. The molecule has 0 amide bonds. The molecule has 0 bridgehead atoms. The third kappa shape index (κ3) is 5.04. The molecule has 0 saturated carbocycles. The van der Waals surface area contributed by atoms with Gasteiger partial charge >= 0.3 is 27.7 Å². The van der Waals surface area contributed by atoms with E-state index in [2.05, 4.69) is 0 Å². The number of carboxylic acid groups (broad SMARTS) is 1. The van der Waals surface area contributed by atoms with Gasteiger partial charge in [-0.3, -0.25) is 0 Å². The molecule has 0 saturated heterocycles. The molecule has 1 N–H and O–H groups in total. The zero-order valence-electron chi connectivity index (χ0n) is 6.06. The maximum absolute atomic E-state index is 10.2. The van der Waals surface area contributed by atoms with Crippen LogP contribution in [0.25, 0.3) is 0 Å². The second-order valence-corrected chi connectivity index (χ2v) is 1.67. The first-order valence-electron chi connectivity index (χ1n) is 2.59. The van der Waals surface area contributed by atoms with E-state index in [4.69, 9.17) is 5.11 Å². The standard InChI is InChI=1S/C7H6O2.2O.Ti/c8-7(9)6-4-2-1-3-5-6;;;/h1-5H,(H,8,9);;;/q;2*-2;+4. The summed E-state index contributed by atoms with van der Waals surface area (Å²) in [6, 6.07) is 8.30. The number of hydrogen-bond donors (Lipinski definition) is 1. The Hall–Kier alpha value is -0.676. The van der Waals surface area contributed by atoms with E-state index >= 15 is 0 Å². The van der Waals surface area contributed by atoms with Gasteiger partial charge in [-0.25, -0.2) is 4.79 Å². The minimum atomic E-state index is -0.879. The molecule has 1 aromatic rings. The summed E-state index contributed by atoms with van der Waals surface area (Å²) in [5.74, 6) is -0.879. The predicted octanol–water partition coefficient (Wildman–Crippen LogP) is 1.14. The zero-order chi connectivity index (χ0) is 6.69. The van der Waals surface area contributed by atoms with E-state index in [1.807, 2.05) is 0 Å². The van der Waals surface area contributed by atoms with E-state index in [1.54, 1.807) is 30.3 Å². The quantitative estimate of drug-likeness (QED) is 0.691. The summed E-state index contributed by atoms with van der Waals surface area (Å²) in [5, 5.41) is 8.38. The Morgan fingerprint density at radius 1 is 1.08 bits per heavy atom. The minimum Gasteiger partial charge on any atom is -2.00 e. The van der Waals surface area contributed by atoms with Gasteiger partial charge in [-0.15, -0.1) is 0 Å². The van der Waals surface area contributed by atoms with Crippen LogP contribution in [0.1, 0.15) is 10.4 Å². The molecule has 0 aliphatic carbocycles. The van der Waals surface area contributed by atoms with Crippen LogP contribution in [0, 0.1) is 0 Å². The smallest absolute Gasteiger partial charge is 2.00 e. The Bertz CT molecular complexity index is 212. The third-order valence-corrected chi connectivity index (χ3v) is 1.02. The summed E-state index contributed by atoms with van der Waals surface area (Å²) in [6.07, 6.45) is 0. The van der Waals surface area contributed by atoms with E-state index in [0.717, 1.165) is 0 Å². The summed E-state index contributed by atoms with van der Waals surface area (Å²) in [6.45, 7) is 0. The Kier molecular flexibility index (Phi) is 12.2. The van der Waals surface area contributed by atoms with Crippen LogP contribution in [0.4, 0.5) is 0 Å². The van der Waals surface area contributed by atoms with Crippen molar-refractivity contribution in [1.82, 2.24) is 0 Å². The van der Waals surface area contributed by atoms with Crippen LogP contribution in [-0.2, 0) is 32.7 Å². The second-order valence-electron chi connectivity index (χ2n) is 1.67. The number of hydrogen-bond acceptors (Lipinski definition) is 1. The summed E-state index contributed by atoms with van der Waals surface area (Å²) >= 11 is 0. The van der Waals surface area contributed by atoms with Crippen LogP contribution < -0.4 is 0 Å². The van der Waals surface area contributed by atoms with Gasteiger partial charge in [0.1, 0.15) is 0 Å². The molecule has 0 atom stereocenters. The summed E-state index contributed by atoms with van der Waals surface area (Å²) < 4.78 is 0. The average molecular weight is 202 g/mol. The fraction of sp³-hybridized carbons (Fsp3) is 0. The van der Waals surface area contributed by atoms with Gasteiger partial charge in [0.15, 0.2) is 0 Å². The van der Waals surface area contributed by atoms with Crippen LogP contribution in [0.2, 0.25) is 0 Å². The van der Waals surface area contributed by atoms with Crippen LogP contribution in [0.5, 0.6) is 0 Å². The molecule has 12 heavy (non-hydrogen) atoms. The molecule has 1 rings (SSSR count). The van der Waals surface area contributed by atoms with Gasteiger partial charge in [0.25, 0.3) is 0 Å². The first-order chi connectivity index (χ1) is 4.30. The molecule has 62 valence electrons. The second kappa shape index (κ2) is 8.42. The monoisotopic (exact) mass is 202 g/mol. The Morgan fingerprint density at radius 3 is 1.75 bits per heavy atom. The molecule has 1 aromatic carbocycles. The average Bonchev–Trinajstić information content (AvgIpc) is 1.90. The summed E-state index contributed by atoms with van der Waals surface area (Å²) in [4.78, 5) is 10.2. The summed E-state index contributed by atoms with van der Waals surface area (Å²) in [7, 11) is 0. The molecule has 5 heteroatoms. The van der Waals surface area contributed by atoms with Crippen molar-refractivity contribution in [2.45, 2.75) is 0 Å². The molecule has 0 fully saturated rings. The Labute approximate surface area is 84.7 Å².